The monoisotopic (exact) mass is 258 g/mol. The van der Waals surface area contributed by atoms with Crippen LogP contribution in [0, 0.1) is 6.92 Å². The number of fused-ring (bicyclic) bond motifs is 1. The van der Waals surface area contributed by atoms with E-state index < -0.39 is 0 Å². The second kappa shape index (κ2) is 4.27. The van der Waals surface area contributed by atoms with Crippen LogP contribution in [-0.2, 0) is 0 Å². The molecular weight excluding hydrogens is 248 g/mol. The number of carbonyl (C=O) groups is 1. The number of aryl methyl sites for hydroxylation is 1. The fraction of sp³-hybridized carbons (Fsp3) is 0.0769. The molecule has 0 aliphatic heterocycles. The summed E-state index contributed by atoms with van der Waals surface area (Å²) >= 11 is 1.46. The van der Waals surface area contributed by atoms with Crippen LogP contribution in [0.15, 0.2) is 41.0 Å². The molecule has 0 saturated carbocycles. The third-order valence-corrected chi connectivity index (χ3v) is 3.57. The summed E-state index contributed by atoms with van der Waals surface area (Å²) in [4.78, 5) is 16.3. The lowest BCUT2D eigenvalue weighted by Crippen LogP contribution is -2.11. The van der Waals surface area contributed by atoms with Crippen LogP contribution in [0.4, 0.5) is 5.13 Å². The number of amides is 1. The van der Waals surface area contributed by atoms with Gasteiger partial charge in [-0.2, -0.15) is 0 Å². The Balaban J connectivity index is 1.88. The zero-order valence-electron chi connectivity index (χ0n) is 9.64. The number of hydrogen-bond donors (Lipinski definition) is 1. The number of hydrogen-bond acceptors (Lipinski definition) is 4. The van der Waals surface area contributed by atoms with Crippen LogP contribution >= 0.6 is 11.3 Å². The van der Waals surface area contributed by atoms with Gasteiger partial charge < -0.3 is 4.42 Å². The lowest BCUT2D eigenvalue weighted by atomic mass is 10.2. The minimum Gasteiger partial charge on any atom is -0.469 e. The van der Waals surface area contributed by atoms with Gasteiger partial charge in [-0.3, -0.25) is 10.1 Å². The lowest BCUT2D eigenvalue weighted by molar-refractivity contribution is 0.102. The summed E-state index contributed by atoms with van der Waals surface area (Å²) in [5, 5.41) is 3.38. The molecule has 4 nitrogen and oxygen atoms in total. The Kier molecular flexibility index (Phi) is 2.60. The van der Waals surface area contributed by atoms with Gasteiger partial charge >= 0.3 is 0 Å². The first-order chi connectivity index (χ1) is 8.74. The van der Waals surface area contributed by atoms with Crippen molar-refractivity contribution in [1.82, 2.24) is 4.98 Å². The van der Waals surface area contributed by atoms with Crippen LogP contribution in [-0.4, -0.2) is 10.9 Å². The Morgan fingerprint density at radius 2 is 2.17 bits per heavy atom. The predicted molar refractivity (Wildman–Crippen MR) is 71.0 cm³/mol. The molecule has 3 rings (SSSR count). The summed E-state index contributed by atoms with van der Waals surface area (Å²) in [7, 11) is 0. The normalized spacial score (nSPS) is 10.7. The van der Waals surface area contributed by atoms with Crippen LogP contribution in [0.25, 0.3) is 10.2 Å². The first-order valence-corrected chi connectivity index (χ1v) is 6.27. The van der Waals surface area contributed by atoms with Crippen molar-refractivity contribution in [3.8, 4) is 0 Å². The van der Waals surface area contributed by atoms with Gasteiger partial charge in [0.1, 0.15) is 5.76 Å². The average molecular weight is 258 g/mol. The van der Waals surface area contributed by atoms with E-state index in [2.05, 4.69) is 10.3 Å². The molecule has 0 radical (unpaired) electrons. The summed E-state index contributed by atoms with van der Waals surface area (Å²) in [5.74, 6) is 0.411. The second-order valence-electron chi connectivity index (χ2n) is 3.83. The van der Waals surface area contributed by atoms with Crippen LogP contribution in [0.5, 0.6) is 0 Å². The number of benzene rings is 1. The van der Waals surface area contributed by atoms with Crippen molar-refractivity contribution < 1.29 is 9.21 Å². The van der Waals surface area contributed by atoms with Crippen LogP contribution < -0.4 is 5.32 Å². The maximum atomic E-state index is 12.0. The van der Waals surface area contributed by atoms with Crippen LogP contribution in [0.1, 0.15) is 16.1 Å². The number of rotatable bonds is 2. The molecule has 0 atom stereocenters. The number of aromatic nitrogens is 1. The number of anilines is 1. The van der Waals surface area contributed by atoms with E-state index >= 15 is 0 Å². The summed E-state index contributed by atoms with van der Waals surface area (Å²) in [6.07, 6.45) is 1.50. The number of nitrogens with zero attached hydrogens (tertiary/aromatic N) is 1. The van der Waals surface area contributed by atoms with Gasteiger partial charge in [0.05, 0.1) is 22.0 Å². The molecule has 2 aromatic heterocycles. The molecule has 90 valence electrons. The molecule has 0 spiro atoms. The van der Waals surface area contributed by atoms with Gasteiger partial charge in [0, 0.05) is 0 Å². The number of furan rings is 1. The maximum absolute atomic E-state index is 12.0. The van der Waals surface area contributed by atoms with Gasteiger partial charge in [0.2, 0.25) is 0 Å². The van der Waals surface area contributed by atoms with Gasteiger partial charge in [0.25, 0.3) is 5.91 Å². The molecule has 0 bridgehead atoms. The maximum Gasteiger partial charge on any atom is 0.260 e. The molecule has 0 saturated heterocycles. The molecule has 18 heavy (non-hydrogen) atoms. The highest BCUT2D eigenvalue weighted by molar-refractivity contribution is 7.22. The van der Waals surface area contributed by atoms with Gasteiger partial charge in [-0.15, -0.1) is 0 Å². The van der Waals surface area contributed by atoms with Crippen molar-refractivity contribution in [2.45, 2.75) is 6.92 Å². The Morgan fingerprint density at radius 3 is 2.89 bits per heavy atom. The predicted octanol–water partition coefficient (Wildman–Crippen LogP) is 3.45. The first-order valence-electron chi connectivity index (χ1n) is 5.45. The third-order valence-electron chi connectivity index (χ3n) is 2.62. The van der Waals surface area contributed by atoms with Crippen molar-refractivity contribution in [3.05, 3.63) is 47.9 Å². The van der Waals surface area contributed by atoms with Crippen LogP contribution in [0.3, 0.4) is 0 Å². The minimum atomic E-state index is -0.194. The first kappa shape index (κ1) is 11.0. The van der Waals surface area contributed by atoms with Crippen molar-refractivity contribution >= 4 is 32.6 Å². The fourth-order valence-electron chi connectivity index (χ4n) is 1.71. The molecule has 1 amide bonds. The highest BCUT2D eigenvalue weighted by Crippen LogP contribution is 2.26. The average Bonchev–Trinajstić information content (AvgIpc) is 2.94. The van der Waals surface area contributed by atoms with E-state index in [9.17, 15) is 4.79 Å². The smallest absolute Gasteiger partial charge is 0.260 e. The molecular formula is C13H10N2O2S. The third kappa shape index (κ3) is 1.89. The summed E-state index contributed by atoms with van der Waals surface area (Å²) in [6, 6.07) is 9.43. The number of nitrogens with one attached hydrogen (secondary N) is 1. The van der Waals surface area contributed by atoms with Crippen molar-refractivity contribution in [1.29, 1.82) is 0 Å². The SMILES string of the molecule is Cc1occc1C(=O)Nc1nc2ccccc2s1. The summed E-state index contributed by atoms with van der Waals surface area (Å²) < 4.78 is 6.16. The molecule has 0 fully saturated rings. The summed E-state index contributed by atoms with van der Waals surface area (Å²) in [5.41, 5.74) is 1.43. The Morgan fingerprint density at radius 1 is 1.33 bits per heavy atom. The molecule has 2 heterocycles. The number of thiazole rings is 1. The Bertz CT molecular complexity index is 681. The highest BCUT2D eigenvalue weighted by atomic mass is 32.1. The van der Waals surface area contributed by atoms with Crippen LogP contribution in [0.2, 0.25) is 0 Å². The number of para-hydroxylation sites is 1. The molecule has 5 heteroatoms. The largest absolute Gasteiger partial charge is 0.469 e. The number of carbonyl (C=O) groups excluding carboxylic acids is 1. The van der Waals surface area contributed by atoms with Crippen molar-refractivity contribution in [2.24, 2.45) is 0 Å². The molecule has 1 N–H and O–H groups in total. The summed E-state index contributed by atoms with van der Waals surface area (Å²) in [6.45, 7) is 1.76. The van der Waals surface area contributed by atoms with E-state index in [-0.39, 0.29) is 5.91 Å². The van der Waals surface area contributed by atoms with Gasteiger partial charge in [-0.25, -0.2) is 4.98 Å². The Hall–Kier alpha value is -2.14. The quantitative estimate of drug-likeness (QED) is 0.766. The minimum absolute atomic E-state index is 0.194. The standard InChI is InChI=1S/C13H10N2O2S/c1-8-9(6-7-17-8)12(16)15-13-14-10-4-2-3-5-11(10)18-13/h2-7H,1H3,(H,14,15,16). The topological polar surface area (TPSA) is 55.1 Å². The molecule has 0 aliphatic carbocycles. The van der Waals surface area contributed by atoms with Gasteiger partial charge in [0.15, 0.2) is 5.13 Å². The fourth-order valence-corrected chi connectivity index (χ4v) is 2.57. The molecule has 0 aliphatic rings. The van der Waals surface area contributed by atoms with Crippen molar-refractivity contribution in [3.63, 3.8) is 0 Å². The zero-order valence-corrected chi connectivity index (χ0v) is 10.5. The van der Waals surface area contributed by atoms with Crippen molar-refractivity contribution in [2.75, 3.05) is 5.32 Å². The highest BCUT2D eigenvalue weighted by Gasteiger charge is 2.13. The van der Waals surface area contributed by atoms with E-state index in [1.165, 1.54) is 17.6 Å². The van der Waals surface area contributed by atoms with Gasteiger partial charge in [-0.1, -0.05) is 23.5 Å². The Labute approximate surface area is 107 Å². The molecule has 3 aromatic rings. The molecule has 0 unspecified atom stereocenters. The van der Waals surface area contributed by atoms with E-state index in [1.807, 2.05) is 24.3 Å². The molecule has 1 aromatic carbocycles. The lowest BCUT2D eigenvalue weighted by Gasteiger charge is -1.98. The van der Waals surface area contributed by atoms with Gasteiger partial charge in [-0.05, 0) is 25.1 Å². The van der Waals surface area contributed by atoms with E-state index in [4.69, 9.17) is 4.42 Å². The van der Waals surface area contributed by atoms with E-state index in [1.54, 1.807) is 13.0 Å². The second-order valence-corrected chi connectivity index (χ2v) is 4.86. The zero-order chi connectivity index (χ0) is 12.5. The van der Waals surface area contributed by atoms with E-state index in [0.29, 0.717) is 16.5 Å². The van der Waals surface area contributed by atoms with E-state index in [0.717, 1.165) is 10.2 Å².